The van der Waals surface area contributed by atoms with Crippen LogP contribution >= 0.6 is 23.7 Å². The molecule has 27 heavy (non-hydrogen) atoms. The summed E-state index contributed by atoms with van der Waals surface area (Å²) >= 11 is 1.31. The fourth-order valence-electron chi connectivity index (χ4n) is 2.49. The first-order chi connectivity index (χ1) is 12.5. The monoisotopic (exact) mass is 409 g/mol. The lowest BCUT2D eigenvalue weighted by atomic mass is 10.2. The highest BCUT2D eigenvalue weighted by molar-refractivity contribution is 7.22. The van der Waals surface area contributed by atoms with Crippen LogP contribution in [0.4, 0.5) is 9.52 Å². The lowest BCUT2D eigenvalue weighted by molar-refractivity contribution is 0.0985. The molecule has 1 aromatic heterocycles. The lowest BCUT2D eigenvalue weighted by Crippen LogP contribution is -2.36. The molecule has 0 aliphatic carbocycles. The molecule has 1 amide bonds. The molecule has 0 unspecified atom stereocenters. The van der Waals surface area contributed by atoms with Gasteiger partial charge in [0.2, 0.25) is 0 Å². The summed E-state index contributed by atoms with van der Waals surface area (Å²) in [6.07, 6.45) is 0. The highest BCUT2D eigenvalue weighted by Crippen LogP contribution is 2.31. The Morgan fingerprint density at radius 3 is 2.44 bits per heavy atom. The van der Waals surface area contributed by atoms with Gasteiger partial charge in [0.15, 0.2) is 5.13 Å². The topological polar surface area (TPSA) is 45.7 Å². The summed E-state index contributed by atoms with van der Waals surface area (Å²) in [7, 11) is 5.46. The van der Waals surface area contributed by atoms with Gasteiger partial charge < -0.3 is 9.64 Å². The van der Waals surface area contributed by atoms with Crippen LogP contribution in [0, 0.1) is 5.82 Å². The standard InChI is InChI=1S/C19H20FN3O2S.ClH/c1-22(2)11-12-23(18(24)13-7-9-14(25-3)10-8-13)19-21-17-15(20)5-4-6-16(17)26-19;/h4-10H,11-12H2,1-3H3;1H. The molecule has 0 aliphatic heterocycles. The summed E-state index contributed by atoms with van der Waals surface area (Å²) < 4.78 is 19.9. The number of carbonyl (C=O) groups is 1. The predicted octanol–water partition coefficient (Wildman–Crippen LogP) is 4.07. The average Bonchev–Trinajstić information content (AvgIpc) is 3.07. The van der Waals surface area contributed by atoms with Crippen molar-refractivity contribution in [3.8, 4) is 5.75 Å². The maximum Gasteiger partial charge on any atom is 0.260 e. The van der Waals surface area contributed by atoms with Crippen LogP contribution in [0.25, 0.3) is 10.2 Å². The molecule has 0 bridgehead atoms. The number of likely N-dealkylation sites (N-methyl/N-ethyl adjacent to an activating group) is 1. The van der Waals surface area contributed by atoms with Crippen LogP contribution in [0.2, 0.25) is 0 Å². The normalized spacial score (nSPS) is 10.7. The number of aromatic nitrogens is 1. The molecule has 3 aromatic rings. The molecule has 0 aliphatic rings. The molecule has 0 atom stereocenters. The number of hydrogen-bond donors (Lipinski definition) is 0. The molecule has 2 aromatic carbocycles. The Kier molecular flexibility index (Phi) is 7.12. The second-order valence-electron chi connectivity index (χ2n) is 6.07. The van der Waals surface area contributed by atoms with Crippen molar-refractivity contribution in [2.45, 2.75) is 0 Å². The van der Waals surface area contributed by atoms with Gasteiger partial charge in [-0.1, -0.05) is 17.4 Å². The van der Waals surface area contributed by atoms with E-state index in [1.54, 1.807) is 42.3 Å². The van der Waals surface area contributed by atoms with Gasteiger partial charge in [0.25, 0.3) is 5.91 Å². The van der Waals surface area contributed by atoms with Crippen LogP contribution in [-0.2, 0) is 0 Å². The number of fused-ring (bicyclic) bond motifs is 1. The van der Waals surface area contributed by atoms with E-state index in [2.05, 4.69) is 4.98 Å². The van der Waals surface area contributed by atoms with Crippen molar-refractivity contribution in [1.29, 1.82) is 0 Å². The lowest BCUT2D eigenvalue weighted by Gasteiger charge is -2.22. The van der Waals surface area contributed by atoms with Crippen molar-refractivity contribution in [3.05, 3.63) is 53.8 Å². The molecular formula is C19H21ClFN3O2S. The van der Waals surface area contributed by atoms with Gasteiger partial charge in [-0.3, -0.25) is 9.69 Å². The molecule has 5 nitrogen and oxygen atoms in total. The molecule has 0 fully saturated rings. The maximum atomic E-state index is 14.0. The Morgan fingerprint density at radius 2 is 1.85 bits per heavy atom. The van der Waals surface area contributed by atoms with Crippen molar-refractivity contribution in [3.63, 3.8) is 0 Å². The molecule has 0 spiro atoms. The molecule has 1 heterocycles. The van der Waals surface area contributed by atoms with Gasteiger partial charge in [-0.05, 0) is 50.5 Å². The highest BCUT2D eigenvalue weighted by Gasteiger charge is 2.22. The van der Waals surface area contributed by atoms with E-state index in [-0.39, 0.29) is 24.1 Å². The molecular weight excluding hydrogens is 389 g/mol. The van der Waals surface area contributed by atoms with Gasteiger partial charge in [0.1, 0.15) is 17.1 Å². The summed E-state index contributed by atoms with van der Waals surface area (Å²) in [5.74, 6) is 0.131. The fourth-order valence-corrected chi connectivity index (χ4v) is 3.50. The van der Waals surface area contributed by atoms with Crippen molar-refractivity contribution >= 4 is 45.0 Å². The number of ether oxygens (including phenoxy) is 1. The second kappa shape index (κ2) is 9.12. The van der Waals surface area contributed by atoms with Crippen LogP contribution in [0.1, 0.15) is 10.4 Å². The van der Waals surface area contributed by atoms with Gasteiger partial charge in [-0.15, -0.1) is 12.4 Å². The third kappa shape index (κ3) is 4.74. The van der Waals surface area contributed by atoms with Gasteiger partial charge in [-0.25, -0.2) is 9.37 Å². The van der Waals surface area contributed by atoms with E-state index in [9.17, 15) is 9.18 Å². The summed E-state index contributed by atoms with van der Waals surface area (Å²) in [6.45, 7) is 1.12. The van der Waals surface area contributed by atoms with Crippen LogP contribution < -0.4 is 9.64 Å². The van der Waals surface area contributed by atoms with E-state index in [0.717, 1.165) is 4.70 Å². The van der Waals surface area contributed by atoms with Crippen molar-refractivity contribution in [1.82, 2.24) is 9.88 Å². The maximum absolute atomic E-state index is 14.0. The van der Waals surface area contributed by atoms with Gasteiger partial charge in [-0.2, -0.15) is 0 Å². The summed E-state index contributed by atoms with van der Waals surface area (Å²) in [6, 6.07) is 11.8. The number of nitrogens with zero attached hydrogens (tertiary/aromatic N) is 3. The number of hydrogen-bond acceptors (Lipinski definition) is 5. The van der Waals surface area contributed by atoms with Gasteiger partial charge >= 0.3 is 0 Å². The second-order valence-corrected chi connectivity index (χ2v) is 7.08. The van der Waals surface area contributed by atoms with Crippen LogP contribution in [0.3, 0.4) is 0 Å². The summed E-state index contributed by atoms with van der Waals surface area (Å²) in [4.78, 5) is 21.0. The number of benzene rings is 2. The van der Waals surface area contributed by atoms with E-state index in [1.165, 1.54) is 17.4 Å². The number of anilines is 1. The first-order valence-electron chi connectivity index (χ1n) is 8.15. The zero-order valence-electron chi connectivity index (χ0n) is 15.3. The third-order valence-electron chi connectivity index (χ3n) is 3.94. The number of amides is 1. The van der Waals surface area contributed by atoms with Gasteiger partial charge in [0.05, 0.1) is 11.8 Å². The molecule has 0 saturated carbocycles. The minimum Gasteiger partial charge on any atom is -0.497 e. The van der Waals surface area contributed by atoms with E-state index in [4.69, 9.17) is 4.74 Å². The van der Waals surface area contributed by atoms with Crippen LogP contribution in [0.5, 0.6) is 5.75 Å². The average molecular weight is 410 g/mol. The zero-order valence-corrected chi connectivity index (χ0v) is 16.9. The third-order valence-corrected chi connectivity index (χ3v) is 4.99. The smallest absolute Gasteiger partial charge is 0.260 e. The van der Waals surface area contributed by atoms with Crippen LogP contribution in [0.15, 0.2) is 42.5 Å². The Balaban J connectivity index is 0.00000261. The Bertz CT molecular complexity index is 915. The summed E-state index contributed by atoms with van der Waals surface area (Å²) in [5, 5.41) is 0.493. The van der Waals surface area contributed by atoms with Crippen molar-refractivity contribution in [2.24, 2.45) is 0 Å². The fraction of sp³-hybridized carbons (Fsp3) is 0.263. The minimum atomic E-state index is -0.380. The quantitative estimate of drug-likeness (QED) is 0.615. The molecule has 144 valence electrons. The number of thiazole rings is 1. The van der Waals surface area contributed by atoms with E-state index in [1.807, 2.05) is 25.1 Å². The molecule has 3 rings (SSSR count). The van der Waals surface area contributed by atoms with Gasteiger partial charge in [0, 0.05) is 18.7 Å². The first kappa shape index (κ1) is 21.1. The van der Waals surface area contributed by atoms with E-state index < -0.39 is 0 Å². The SMILES string of the molecule is COc1ccc(C(=O)N(CCN(C)C)c2nc3c(F)cccc3s2)cc1.Cl. The highest BCUT2D eigenvalue weighted by atomic mass is 35.5. The molecule has 0 N–H and O–H groups in total. The molecule has 0 saturated heterocycles. The Morgan fingerprint density at radius 1 is 1.15 bits per heavy atom. The Labute approximate surface area is 167 Å². The first-order valence-corrected chi connectivity index (χ1v) is 8.97. The minimum absolute atomic E-state index is 0. The zero-order chi connectivity index (χ0) is 18.7. The molecule has 0 radical (unpaired) electrons. The number of para-hydroxylation sites is 1. The number of carbonyl (C=O) groups excluding carboxylic acids is 1. The van der Waals surface area contributed by atoms with Crippen molar-refractivity contribution in [2.75, 3.05) is 39.2 Å². The summed E-state index contributed by atoms with van der Waals surface area (Å²) in [5.41, 5.74) is 0.828. The Hall–Kier alpha value is -2.22. The number of methoxy groups -OCH3 is 1. The van der Waals surface area contributed by atoms with Crippen LogP contribution in [-0.4, -0.2) is 50.1 Å². The van der Waals surface area contributed by atoms with Crippen molar-refractivity contribution < 1.29 is 13.9 Å². The molecule has 8 heteroatoms. The van der Waals surface area contributed by atoms with E-state index >= 15 is 0 Å². The predicted molar refractivity (Wildman–Crippen MR) is 110 cm³/mol. The number of halogens is 2. The largest absolute Gasteiger partial charge is 0.497 e. The number of rotatable bonds is 6. The van der Waals surface area contributed by atoms with E-state index in [0.29, 0.717) is 35.1 Å².